The Morgan fingerprint density at radius 1 is 1.73 bits per heavy atom. The van der Waals surface area contributed by atoms with Crippen molar-refractivity contribution in [2.45, 2.75) is 32.4 Å². The molecular formula is C10H16N4O. The Morgan fingerprint density at radius 3 is 2.93 bits per heavy atom. The highest BCUT2D eigenvalue weighted by Gasteiger charge is 2.46. The van der Waals surface area contributed by atoms with E-state index in [1.54, 1.807) is 6.20 Å². The minimum Gasteiger partial charge on any atom is -0.349 e. The van der Waals surface area contributed by atoms with Gasteiger partial charge in [-0.05, 0) is 6.42 Å². The summed E-state index contributed by atoms with van der Waals surface area (Å²) in [6.07, 6.45) is 3.94. The number of amides is 1. The molecule has 15 heavy (non-hydrogen) atoms. The van der Waals surface area contributed by atoms with Gasteiger partial charge in [0.15, 0.2) is 0 Å². The van der Waals surface area contributed by atoms with Crippen LogP contribution in [0.15, 0.2) is 12.4 Å². The van der Waals surface area contributed by atoms with Crippen LogP contribution in [0.2, 0.25) is 0 Å². The summed E-state index contributed by atoms with van der Waals surface area (Å²) in [7, 11) is 0. The molecule has 1 aliphatic carbocycles. The molecule has 1 fully saturated rings. The molecule has 0 spiro atoms. The van der Waals surface area contributed by atoms with Gasteiger partial charge in [-0.1, -0.05) is 13.8 Å². The Hall–Kier alpha value is -1.36. The molecule has 1 aliphatic rings. The number of carbonyl (C=O) groups excluding carboxylic acids is 1. The third kappa shape index (κ3) is 1.63. The maximum atomic E-state index is 11.7. The van der Waals surface area contributed by atoms with E-state index in [-0.39, 0.29) is 23.4 Å². The molecule has 0 aromatic carbocycles. The van der Waals surface area contributed by atoms with E-state index in [2.05, 4.69) is 29.4 Å². The lowest BCUT2D eigenvalue weighted by molar-refractivity contribution is 0.0586. The number of rotatable bonds is 2. The first-order valence-corrected chi connectivity index (χ1v) is 5.07. The predicted molar refractivity (Wildman–Crippen MR) is 56.2 cm³/mol. The Morgan fingerprint density at radius 2 is 2.47 bits per heavy atom. The van der Waals surface area contributed by atoms with Crippen molar-refractivity contribution < 1.29 is 4.79 Å². The number of hydrogen-bond donors (Lipinski definition) is 3. The average molecular weight is 208 g/mol. The van der Waals surface area contributed by atoms with E-state index in [4.69, 9.17) is 5.73 Å². The van der Waals surface area contributed by atoms with Gasteiger partial charge in [-0.15, -0.1) is 0 Å². The van der Waals surface area contributed by atoms with Gasteiger partial charge in [0.1, 0.15) is 0 Å². The highest BCUT2D eigenvalue weighted by Crippen LogP contribution is 2.39. The van der Waals surface area contributed by atoms with Crippen LogP contribution in [-0.2, 0) is 0 Å². The van der Waals surface area contributed by atoms with E-state index >= 15 is 0 Å². The number of carbonyl (C=O) groups is 1. The van der Waals surface area contributed by atoms with E-state index in [1.807, 2.05) is 0 Å². The Labute approximate surface area is 88.4 Å². The van der Waals surface area contributed by atoms with Crippen LogP contribution in [0.25, 0.3) is 0 Å². The average Bonchev–Trinajstić information content (AvgIpc) is 2.70. The van der Waals surface area contributed by atoms with Crippen molar-refractivity contribution in [2.24, 2.45) is 11.1 Å². The molecule has 1 heterocycles. The number of nitrogens with one attached hydrogen (secondary N) is 2. The maximum absolute atomic E-state index is 11.7. The minimum atomic E-state index is -0.0891. The summed E-state index contributed by atoms with van der Waals surface area (Å²) in [5.74, 6) is -0.0891. The molecule has 0 saturated heterocycles. The van der Waals surface area contributed by atoms with Crippen LogP contribution in [0.1, 0.15) is 30.6 Å². The van der Waals surface area contributed by atoms with E-state index in [0.717, 1.165) is 6.42 Å². The van der Waals surface area contributed by atoms with E-state index < -0.39 is 0 Å². The minimum absolute atomic E-state index is 0.0145. The van der Waals surface area contributed by atoms with Crippen LogP contribution >= 0.6 is 0 Å². The van der Waals surface area contributed by atoms with Gasteiger partial charge < -0.3 is 11.1 Å². The lowest BCUT2D eigenvalue weighted by Crippen LogP contribution is -2.64. The fourth-order valence-corrected chi connectivity index (χ4v) is 1.82. The number of aromatic nitrogens is 2. The summed E-state index contributed by atoms with van der Waals surface area (Å²) in [5.41, 5.74) is 6.42. The first kappa shape index (κ1) is 10.2. The van der Waals surface area contributed by atoms with Crippen LogP contribution in [-0.4, -0.2) is 28.2 Å². The van der Waals surface area contributed by atoms with Gasteiger partial charge in [0.2, 0.25) is 0 Å². The van der Waals surface area contributed by atoms with Crippen LogP contribution in [0.4, 0.5) is 0 Å². The molecule has 1 saturated carbocycles. The lowest BCUT2D eigenvalue weighted by Gasteiger charge is -2.50. The van der Waals surface area contributed by atoms with Crippen molar-refractivity contribution in [3.05, 3.63) is 18.0 Å². The molecule has 0 radical (unpaired) electrons. The first-order chi connectivity index (χ1) is 7.01. The van der Waals surface area contributed by atoms with E-state index in [1.165, 1.54) is 6.20 Å². The number of H-pyrrole nitrogens is 1. The summed E-state index contributed by atoms with van der Waals surface area (Å²) in [5, 5.41) is 9.31. The number of hydrogen-bond acceptors (Lipinski definition) is 3. The number of nitrogens with two attached hydrogens (primary N) is 1. The normalized spacial score (nSPS) is 28.2. The Balaban J connectivity index is 1.97. The third-order valence-electron chi connectivity index (χ3n) is 3.41. The summed E-state index contributed by atoms with van der Waals surface area (Å²) < 4.78 is 0. The molecule has 1 amide bonds. The zero-order valence-corrected chi connectivity index (χ0v) is 8.95. The summed E-state index contributed by atoms with van der Waals surface area (Å²) in [6, 6.07) is 0.335. The van der Waals surface area contributed by atoms with Crippen molar-refractivity contribution >= 4 is 5.91 Å². The molecule has 1 aromatic rings. The van der Waals surface area contributed by atoms with Crippen LogP contribution in [0.3, 0.4) is 0 Å². The second kappa shape index (κ2) is 3.34. The molecule has 5 nitrogen and oxygen atoms in total. The second-order valence-electron chi connectivity index (χ2n) is 4.68. The highest BCUT2D eigenvalue weighted by atomic mass is 16.1. The molecule has 0 aliphatic heterocycles. The van der Waals surface area contributed by atoms with Gasteiger partial charge in [0, 0.05) is 23.7 Å². The predicted octanol–water partition coefficient (Wildman–Crippen LogP) is 0.265. The van der Waals surface area contributed by atoms with Crippen molar-refractivity contribution in [3.8, 4) is 0 Å². The van der Waals surface area contributed by atoms with Crippen LogP contribution in [0.5, 0.6) is 0 Å². The zero-order valence-electron chi connectivity index (χ0n) is 8.95. The zero-order chi connectivity index (χ0) is 11.1. The molecule has 82 valence electrons. The topological polar surface area (TPSA) is 83.8 Å². The van der Waals surface area contributed by atoms with Gasteiger partial charge in [0.05, 0.1) is 11.8 Å². The van der Waals surface area contributed by atoms with Gasteiger partial charge in [-0.3, -0.25) is 9.89 Å². The fourth-order valence-electron chi connectivity index (χ4n) is 1.82. The molecule has 4 N–H and O–H groups in total. The van der Waals surface area contributed by atoms with Crippen LogP contribution in [0, 0.1) is 5.41 Å². The third-order valence-corrected chi connectivity index (χ3v) is 3.41. The SMILES string of the molecule is CC1(C)C(N)CC1NC(=O)c1cn[nH]c1. The first-order valence-electron chi connectivity index (χ1n) is 5.07. The van der Waals surface area contributed by atoms with Crippen molar-refractivity contribution in [1.82, 2.24) is 15.5 Å². The molecular weight excluding hydrogens is 192 g/mol. The van der Waals surface area contributed by atoms with Gasteiger partial charge in [0.25, 0.3) is 5.91 Å². The van der Waals surface area contributed by atoms with E-state index in [9.17, 15) is 4.79 Å². The second-order valence-corrected chi connectivity index (χ2v) is 4.68. The van der Waals surface area contributed by atoms with E-state index in [0.29, 0.717) is 5.56 Å². The molecule has 5 heteroatoms. The number of aromatic amines is 1. The smallest absolute Gasteiger partial charge is 0.254 e. The summed E-state index contributed by atoms with van der Waals surface area (Å²) in [4.78, 5) is 11.7. The molecule has 0 bridgehead atoms. The van der Waals surface area contributed by atoms with Gasteiger partial charge in [-0.2, -0.15) is 5.10 Å². The summed E-state index contributed by atoms with van der Waals surface area (Å²) >= 11 is 0. The molecule has 1 aromatic heterocycles. The van der Waals surface area contributed by atoms with Gasteiger partial charge >= 0.3 is 0 Å². The maximum Gasteiger partial charge on any atom is 0.254 e. The summed E-state index contributed by atoms with van der Waals surface area (Å²) in [6.45, 7) is 4.14. The molecule has 2 unspecified atom stereocenters. The standard InChI is InChI=1S/C10H16N4O/c1-10(2)7(11)3-8(10)14-9(15)6-4-12-13-5-6/h4-5,7-8H,3,11H2,1-2H3,(H,12,13)(H,14,15). The Bertz CT molecular complexity index is 358. The monoisotopic (exact) mass is 208 g/mol. The van der Waals surface area contributed by atoms with Crippen LogP contribution < -0.4 is 11.1 Å². The highest BCUT2D eigenvalue weighted by molar-refractivity contribution is 5.93. The van der Waals surface area contributed by atoms with Crippen molar-refractivity contribution in [1.29, 1.82) is 0 Å². The molecule has 2 rings (SSSR count). The van der Waals surface area contributed by atoms with Crippen molar-refractivity contribution in [3.63, 3.8) is 0 Å². The number of nitrogens with zero attached hydrogens (tertiary/aromatic N) is 1. The van der Waals surface area contributed by atoms with Crippen molar-refractivity contribution in [2.75, 3.05) is 0 Å². The lowest BCUT2D eigenvalue weighted by atomic mass is 9.63. The largest absolute Gasteiger partial charge is 0.349 e. The molecule has 2 atom stereocenters. The quantitative estimate of drug-likeness (QED) is 0.652. The Kier molecular flexibility index (Phi) is 2.26. The van der Waals surface area contributed by atoms with Gasteiger partial charge in [-0.25, -0.2) is 0 Å². The fraction of sp³-hybridized carbons (Fsp3) is 0.600.